The van der Waals surface area contributed by atoms with Crippen molar-refractivity contribution in [2.75, 3.05) is 23.7 Å². The molecule has 2 aromatic rings. The van der Waals surface area contributed by atoms with Crippen molar-refractivity contribution in [3.05, 3.63) is 30.1 Å². The van der Waals surface area contributed by atoms with E-state index in [1.165, 1.54) is 0 Å². The normalized spacial score (nSPS) is 16.1. The summed E-state index contributed by atoms with van der Waals surface area (Å²) < 4.78 is 1.93. The lowest BCUT2D eigenvalue weighted by molar-refractivity contribution is 0.366. The highest BCUT2D eigenvalue weighted by Gasteiger charge is 2.23. The second kappa shape index (κ2) is 5.17. The molecule has 0 atom stereocenters. The molecule has 0 saturated carbocycles. The molecular formula is C13H15N7. The third-order valence-electron chi connectivity index (χ3n) is 3.59. The quantitative estimate of drug-likeness (QED) is 0.872. The van der Waals surface area contributed by atoms with Crippen LogP contribution in [0.3, 0.4) is 0 Å². The molecular weight excluding hydrogens is 254 g/mol. The Hall–Kier alpha value is -2.62. The highest BCUT2D eigenvalue weighted by atomic mass is 15.3. The average Bonchev–Trinajstić information content (AvgIpc) is 2.94. The topological polar surface area (TPSA) is 96.7 Å². The van der Waals surface area contributed by atoms with Gasteiger partial charge in [-0.15, -0.1) is 5.10 Å². The zero-order valence-electron chi connectivity index (χ0n) is 11.0. The maximum Gasteiger partial charge on any atom is 0.169 e. The highest BCUT2D eigenvalue weighted by Crippen LogP contribution is 2.26. The second-order valence-electron chi connectivity index (χ2n) is 4.82. The summed E-state index contributed by atoms with van der Waals surface area (Å²) in [5, 5.41) is 21.3. The van der Waals surface area contributed by atoms with Crippen LogP contribution >= 0.6 is 0 Å². The first-order valence-corrected chi connectivity index (χ1v) is 6.55. The summed E-state index contributed by atoms with van der Waals surface area (Å²) in [7, 11) is 0. The van der Waals surface area contributed by atoms with Gasteiger partial charge in [0.05, 0.1) is 17.8 Å². The van der Waals surface area contributed by atoms with Crippen LogP contribution in [-0.2, 0) is 0 Å². The number of nitriles is 1. The van der Waals surface area contributed by atoms with Gasteiger partial charge < -0.3 is 10.6 Å². The van der Waals surface area contributed by atoms with Crippen molar-refractivity contribution in [1.29, 1.82) is 5.26 Å². The predicted molar refractivity (Wildman–Crippen MR) is 73.9 cm³/mol. The fourth-order valence-electron chi connectivity index (χ4n) is 2.54. The van der Waals surface area contributed by atoms with Gasteiger partial charge in [-0.1, -0.05) is 0 Å². The summed E-state index contributed by atoms with van der Waals surface area (Å²) in [6, 6.07) is 6.02. The summed E-state index contributed by atoms with van der Waals surface area (Å²) in [5.41, 5.74) is 6.22. The molecule has 1 fully saturated rings. The SMILES string of the molecule is N#Cc1ccnnc1N1CCC(n2ccc(N)n2)CC1. The molecule has 20 heavy (non-hydrogen) atoms. The Labute approximate surface area is 116 Å². The van der Waals surface area contributed by atoms with Gasteiger partial charge in [0, 0.05) is 19.3 Å². The molecule has 0 unspecified atom stereocenters. The van der Waals surface area contributed by atoms with Crippen molar-refractivity contribution in [1.82, 2.24) is 20.0 Å². The smallest absolute Gasteiger partial charge is 0.169 e. The van der Waals surface area contributed by atoms with Crippen LogP contribution in [0.4, 0.5) is 11.6 Å². The standard InChI is InChI=1S/C13H15N7/c14-9-10-1-5-16-17-13(10)19-6-2-11(3-7-19)20-8-4-12(15)18-20/h1,4-5,8,11H,2-3,6-7H2,(H2,15,18). The summed E-state index contributed by atoms with van der Waals surface area (Å²) in [6.45, 7) is 1.66. The molecule has 7 heteroatoms. The Balaban J connectivity index is 1.71. The number of aromatic nitrogens is 4. The fourth-order valence-corrected chi connectivity index (χ4v) is 2.54. The molecule has 1 saturated heterocycles. The van der Waals surface area contributed by atoms with Crippen LogP contribution in [0.5, 0.6) is 0 Å². The first-order valence-electron chi connectivity index (χ1n) is 6.55. The minimum absolute atomic E-state index is 0.353. The third kappa shape index (κ3) is 2.28. The lowest BCUT2D eigenvalue weighted by Gasteiger charge is -2.32. The van der Waals surface area contributed by atoms with E-state index in [0.717, 1.165) is 25.9 Å². The van der Waals surface area contributed by atoms with Crippen LogP contribution in [0, 0.1) is 11.3 Å². The molecule has 0 aliphatic carbocycles. The van der Waals surface area contributed by atoms with E-state index in [-0.39, 0.29) is 0 Å². The number of anilines is 2. The van der Waals surface area contributed by atoms with E-state index >= 15 is 0 Å². The summed E-state index contributed by atoms with van der Waals surface area (Å²) in [4.78, 5) is 2.11. The molecule has 0 bridgehead atoms. The fraction of sp³-hybridized carbons (Fsp3) is 0.385. The lowest BCUT2D eigenvalue weighted by Crippen LogP contribution is -2.36. The molecule has 1 aliphatic heterocycles. The number of nitrogens with two attached hydrogens (primary N) is 1. The van der Waals surface area contributed by atoms with Gasteiger partial charge in [0.15, 0.2) is 5.82 Å². The van der Waals surface area contributed by atoms with E-state index in [2.05, 4.69) is 26.3 Å². The van der Waals surface area contributed by atoms with Crippen LogP contribution in [0.2, 0.25) is 0 Å². The Morgan fingerprint density at radius 3 is 2.75 bits per heavy atom. The number of hydrogen-bond acceptors (Lipinski definition) is 6. The highest BCUT2D eigenvalue weighted by molar-refractivity contribution is 5.52. The second-order valence-corrected chi connectivity index (χ2v) is 4.82. The monoisotopic (exact) mass is 269 g/mol. The van der Waals surface area contributed by atoms with Gasteiger partial charge in [-0.2, -0.15) is 15.5 Å². The van der Waals surface area contributed by atoms with Gasteiger partial charge in [0.2, 0.25) is 0 Å². The van der Waals surface area contributed by atoms with Gasteiger partial charge in [0.25, 0.3) is 0 Å². The molecule has 0 radical (unpaired) electrons. The first kappa shape index (κ1) is 12.4. The van der Waals surface area contributed by atoms with Crippen LogP contribution < -0.4 is 10.6 Å². The Bertz CT molecular complexity index is 634. The summed E-state index contributed by atoms with van der Waals surface area (Å²) in [5.74, 6) is 1.22. The van der Waals surface area contributed by atoms with Crippen LogP contribution in [0.1, 0.15) is 24.4 Å². The molecule has 0 spiro atoms. The van der Waals surface area contributed by atoms with Crippen molar-refractivity contribution >= 4 is 11.6 Å². The molecule has 2 N–H and O–H groups in total. The van der Waals surface area contributed by atoms with Crippen LogP contribution in [-0.4, -0.2) is 33.1 Å². The molecule has 7 nitrogen and oxygen atoms in total. The van der Waals surface area contributed by atoms with E-state index in [4.69, 9.17) is 11.0 Å². The van der Waals surface area contributed by atoms with E-state index < -0.39 is 0 Å². The van der Waals surface area contributed by atoms with Crippen molar-refractivity contribution in [2.45, 2.75) is 18.9 Å². The van der Waals surface area contributed by atoms with Gasteiger partial charge >= 0.3 is 0 Å². The Morgan fingerprint density at radius 2 is 2.10 bits per heavy atom. The minimum atomic E-state index is 0.353. The predicted octanol–water partition coefficient (Wildman–Crippen LogP) is 0.968. The maximum atomic E-state index is 9.11. The van der Waals surface area contributed by atoms with Gasteiger partial charge in [-0.05, 0) is 25.0 Å². The van der Waals surface area contributed by atoms with Gasteiger partial charge in [0.1, 0.15) is 11.9 Å². The molecule has 102 valence electrons. The van der Waals surface area contributed by atoms with Crippen LogP contribution in [0.15, 0.2) is 24.5 Å². The average molecular weight is 269 g/mol. The van der Waals surface area contributed by atoms with E-state index in [9.17, 15) is 0 Å². The molecule has 1 aliphatic rings. The minimum Gasteiger partial charge on any atom is -0.382 e. The molecule has 0 amide bonds. The van der Waals surface area contributed by atoms with E-state index in [1.807, 2.05) is 16.9 Å². The zero-order valence-corrected chi connectivity index (χ0v) is 11.0. The summed E-state index contributed by atoms with van der Waals surface area (Å²) in [6.07, 6.45) is 5.35. The van der Waals surface area contributed by atoms with Crippen molar-refractivity contribution in [2.24, 2.45) is 0 Å². The van der Waals surface area contributed by atoms with Gasteiger partial charge in [-0.25, -0.2) is 0 Å². The van der Waals surface area contributed by atoms with Crippen molar-refractivity contribution in [3.8, 4) is 6.07 Å². The largest absolute Gasteiger partial charge is 0.382 e. The first-order chi connectivity index (χ1) is 9.78. The van der Waals surface area contributed by atoms with Crippen LogP contribution in [0.25, 0.3) is 0 Å². The Kier molecular flexibility index (Phi) is 3.21. The van der Waals surface area contributed by atoms with Gasteiger partial charge in [-0.3, -0.25) is 4.68 Å². The third-order valence-corrected chi connectivity index (χ3v) is 3.59. The molecule has 0 aromatic carbocycles. The lowest BCUT2D eigenvalue weighted by atomic mass is 10.0. The number of nitrogen functional groups attached to an aromatic ring is 1. The zero-order chi connectivity index (χ0) is 13.9. The number of rotatable bonds is 2. The van der Waals surface area contributed by atoms with E-state index in [0.29, 0.717) is 23.2 Å². The van der Waals surface area contributed by atoms with Crippen molar-refractivity contribution < 1.29 is 0 Å². The molecule has 3 rings (SSSR count). The molecule has 3 heterocycles. The number of nitrogens with zero attached hydrogens (tertiary/aromatic N) is 6. The van der Waals surface area contributed by atoms with Crippen molar-refractivity contribution in [3.63, 3.8) is 0 Å². The maximum absolute atomic E-state index is 9.11. The summed E-state index contributed by atoms with van der Waals surface area (Å²) >= 11 is 0. The van der Waals surface area contributed by atoms with E-state index in [1.54, 1.807) is 12.3 Å². The Morgan fingerprint density at radius 1 is 1.30 bits per heavy atom. The molecule has 2 aromatic heterocycles. The number of hydrogen-bond donors (Lipinski definition) is 1. The number of piperidine rings is 1.